The number of hydrogen-bond acceptors (Lipinski definition) is 6. The van der Waals surface area contributed by atoms with Gasteiger partial charge in [0, 0.05) is 6.42 Å². The number of quaternary nitrogens is 1. The second-order valence-corrected chi connectivity index (χ2v) is 26.7. The van der Waals surface area contributed by atoms with Crippen LogP contribution < -0.4 is 10.2 Å². The summed E-state index contributed by atoms with van der Waals surface area (Å²) in [5.74, 6) is -0.198. The second kappa shape index (κ2) is 60.6. The van der Waals surface area contributed by atoms with Gasteiger partial charge < -0.3 is 28.8 Å². The van der Waals surface area contributed by atoms with Crippen molar-refractivity contribution in [2.75, 3.05) is 40.9 Å². The van der Waals surface area contributed by atoms with Gasteiger partial charge in [0.25, 0.3) is 7.82 Å². The molecule has 0 aliphatic rings. The van der Waals surface area contributed by atoms with Crippen LogP contribution in [0, 0.1) is 0 Å². The number of hydrogen-bond donors (Lipinski definition) is 2. The summed E-state index contributed by atoms with van der Waals surface area (Å²) >= 11 is 0. The van der Waals surface area contributed by atoms with Gasteiger partial charge in [0.05, 0.1) is 39.9 Å². The molecule has 0 rings (SSSR count). The van der Waals surface area contributed by atoms with E-state index in [1.54, 1.807) is 6.08 Å². The van der Waals surface area contributed by atoms with Crippen LogP contribution >= 0.6 is 7.82 Å². The van der Waals surface area contributed by atoms with Crippen LogP contribution in [0.1, 0.15) is 361 Å². The van der Waals surface area contributed by atoms with Gasteiger partial charge in [-0.2, -0.15) is 0 Å². The van der Waals surface area contributed by atoms with Crippen molar-refractivity contribution in [1.82, 2.24) is 5.32 Å². The maximum atomic E-state index is 13.0. The first-order valence-electron chi connectivity index (χ1n) is 34.7. The van der Waals surface area contributed by atoms with E-state index in [1.165, 1.54) is 302 Å². The molecule has 0 saturated heterocycles. The smallest absolute Gasteiger partial charge is 0.268 e. The Balaban J connectivity index is 4.01. The molecule has 0 saturated carbocycles. The Hall–Kier alpha value is -1.02. The highest BCUT2D eigenvalue weighted by molar-refractivity contribution is 7.45. The predicted octanol–water partition coefficient (Wildman–Crippen LogP) is 21.3. The first kappa shape index (κ1) is 77.0. The first-order valence-corrected chi connectivity index (χ1v) is 36.2. The Bertz CT molecular complexity index is 1320. The number of nitrogens with zero attached hydrogens (tertiary/aromatic N) is 1. The average Bonchev–Trinajstić information content (AvgIpc) is 3.41. The summed E-state index contributed by atoms with van der Waals surface area (Å²) in [6, 6.07) is -0.901. The highest BCUT2D eigenvalue weighted by atomic mass is 31.2. The van der Waals surface area contributed by atoms with Crippen LogP contribution in [0.25, 0.3) is 0 Å². The molecule has 0 aromatic rings. The van der Waals surface area contributed by atoms with E-state index in [-0.39, 0.29) is 19.1 Å². The molecule has 3 atom stereocenters. The van der Waals surface area contributed by atoms with Crippen molar-refractivity contribution in [3.63, 3.8) is 0 Å². The highest BCUT2D eigenvalue weighted by Crippen LogP contribution is 2.38. The van der Waals surface area contributed by atoms with Crippen LogP contribution in [-0.4, -0.2) is 68.5 Å². The van der Waals surface area contributed by atoms with E-state index < -0.39 is 20.0 Å². The van der Waals surface area contributed by atoms with E-state index in [1.807, 2.05) is 27.2 Å². The zero-order valence-electron chi connectivity index (χ0n) is 53.2. The van der Waals surface area contributed by atoms with E-state index in [4.69, 9.17) is 9.05 Å². The SMILES string of the molecule is CCCCCCCCCCCCCCCCCC/C=C/CC/C=C/C(O)C(COP(=O)([O-])OCC[N+](C)(C)C)NC(=O)CCCCCCCCCCCCCCCCCCCCCCCCCCCCCCCCCCCC. The summed E-state index contributed by atoms with van der Waals surface area (Å²) in [7, 11) is 1.26. The van der Waals surface area contributed by atoms with Gasteiger partial charge in [-0.25, -0.2) is 0 Å². The third-order valence-electron chi connectivity index (χ3n) is 16.2. The van der Waals surface area contributed by atoms with E-state index >= 15 is 0 Å². The van der Waals surface area contributed by atoms with Crippen LogP contribution in [0.15, 0.2) is 24.3 Å². The third kappa shape index (κ3) is 62.6. The fraction of sp³-hybridized carbons (Fsp3) is 0.928. The number of nitrogens with one attached hydrogen (secondary N) is 1. The Labute approximate surface area is 487 Å². The number of unbranched alkanes of at least 4 members (excludes halogenated alkanes) is 50. The van der Waals surface area contributed by atoms with Crippen LogP contribution in [0.2, 0.25) is 0 Å². The number of rotatable bonds is 65. The lowest BCUT2D eigenvalue weighted by molar-refractivity contribution is -0.870. The van der Waals surface area contributed by atoms with Crippen molar-refractivity contribution in [3.05, 3.63) is 24.3 Å². The number of phosphoric acid groups is 1. The Kier molecular flexibility index (Phi) is 59.8. The summed E-state index contributed by atoms with van der Waals surface area (Å²) in [5.41, 5.74) is 0. The summed E-state index contributed by atoms with van der Waals surface area (Å²) in [5, 5.41) is 13.9. The standard InChI is InChI=1S/C69H137N2O6P/c1-6-8-10-12-14-16-18-20-22-24-26-28-30-31-32-33-34-35-36-37-38-39-40-41-43-45-47-49-51-53-55-57-59-61-63-69(73)70-67(66-77-78(74,75)76-65-64-71(3,4)5)68(72)62-60-58-56-54-52-50-48-46-44-42-29-27-25-23-21-19-17-15-13-11-9-7-2/h52,54,60,62,67-68,72H,6-51,53,55-59,61,63-66H2,1-5H3,(H-,70,73,74,75)/b54-52+,62-60+. The molecule has 3 unspecified atom stereocenters. The van der Waals surface area contributed by atoms with E-state index in [9.17, 15) is 19.4 Å². The molecule has 464 valence electrons. The zero-order valence-corrected chi connectivity index (χ0v) is 54.0. The molecule has 0 aromatic carbocycles. The topological polar surface area (TPSA) is 108 Å². The summed E-state index contributed by atoms with van der Waals surface area (Å²) in [6.45, 7) is 4.69. The Morgan fingerprint density at radius 2 is 0.718 bits per heavy atom. The number of carbonyl (C=O) groups is 1. The predicted molar refractivity (Wildman–Crippen MR) is 339 cm³/mol. The second-order valence-electron chi connectivity index (χ2n) is 25.2. The van der Waals surface area contributed by atoms with Crippen molar-refractivity contribution in [2.24, 2.45) is 0 Å². The molecule has 0 bridgehead atoms. The van der Waals surface area contributed by atoms with Crippen LogP contribution in [-0.2, 0) is 18.4 Å². The van der Waals surface area contributed by atoms with Crippen LogP contribution in [0.5, 0.6) is 0 Å². The summed E-state index contributed by atoms with van der Waals surface area (Å²) in [6.07, 6.45) is 78.8. The van der Waals surface area contributed by atoms with Gasteiger partial charge in [-0.3, -0.25) is 9.36 Å². The minimum Gasteiger partial charge on any atom is -0.756 e. The largest absolute Gasteiger partial charge is 0.756 e. The van der Waals surface area contributed by atoms with Gasteiger partial charge in [-0.15, -0.1) is 0 Å². The Morgan fingerprint density at radius 3 is 1.04 bits per heavy atom. The first-order chi connectivity index (χ1) is 38.0. The molecule has 0 heterocycles. The number of phosphoric ester groups is 1. The molecule has 2 N–H and O–H groups in total. The van der Waals surface area contributed by atoms with Crippen molar-refractivity contribution < 1.29 is 32.9 Å². The Morgan fingerprint density at radius 1 is 0.436 bits per heavy atom. The van der Waals surface area contributed by atoms with Gasteiger partial charge in [0.2, 0.25) is 5.91 Å². The number of aliphatic hydroxyl groups is 1. The van der Waals surface area contributed by atoms with E-state index in [0.29, 0.717) is 17.4 Å². The maximum Gasteiger partial charge on any atom is 0.268 e. The molecule has 0 fully saturated rings. The van der Waals surface area contributed by atoms with Crippen LogP contribution in [0.4, 0.5) is 0 Å². The lowest BCUT2D eigenvalue weighted by atomic mass is 10.0. The van der Waals surface area contributed by atoms with Crippen molar-refractivity contribution in [3.8, 4) is 0 Å². The quantitative estimate of drug-likeness (QED) is 0.0272. The van der Waals surface area contributed by atoms with Crippen molar-refractivity contribution in [2.45, 2.75) is 373 Å². The number of carbonyl (C=O) groups excluding carboxylic acids is 1. The molecule has 1 amide bonds. The van der Waals surface area contributed by atoms with Crippen LogP contribution in [0.3, 0.4) is 0 Å². The average molecular weight is 1120 g/mol. The minimum atomic E-state index is -4.61. The van der Waals surface area contributed by atoms with Gasteiger partial charge in [-0.05, 0) is 32.1 Å². The number of allylic oxidation sites excluding steroid dienone is 3. The van der Waals surface area contributed by atoms with Gasteiger partial charge >= 0.3 is 0 Å². The molecule has 78 heavy (non-hydrogen) atoms. The molecule has 0 aliphatic carbocycles. The van der Waals surface area contributed by atoms with Crippen molar-refractivity contribution in [1.29, 1.82) is 0 Å². The number of likely N-dealkylation sites (N-methyl/N-ethyl adjacent to an activating group) is 1. The molecule has 0 spiro atoms. The third-order valence-corrected chi connectivity index (χ3v) is 17.1. The molecule has 0 radical (unpaired) electrons. The van der Waals surface area contributed by atoms with Crippen molar-refractivity contribution >= 4 is 13.7 Å². The summed E-state index contributed by atoms with van der Waals surface area (Å²) in [4.78, 5) is 25.6. The maximum absolute atomic E-state index is 13.0. The monoisotopic (exact) mass is 1120 g/mol. The minimum absolute atomic E-state index is 0.00348. The molecule has 0 aromatic heterocycles. The molecule has 9 heteroatoms. The molecule has 8 nitrogen and oxygen atoms in total. The fourth-order valence-corrected chi connectivity index (χ4v) is 11.5. The normalized spacial score (nSPS) is 13.8. The zero-order chi connectivity index (χ0) is 57.0. The number of amides is 1. The highest BCUT2D eigenvalue weighted by Gasteiger charge is 2.23. The summed E-state index contributed by atoms with van der Waals surface area (Å²) < 4.78 is 23.4. The molecule has 0 aliphatic heterocycles. The molecular weight excluding hydrogens is 984 g/mol. The van der Waals surface area contributed by atoms with Gasteiger partial charge in [0.15, 0.2) is 0 Å². The fourth-order valence-electron chi connectivity index (χ4n) is 10.8. The van der Waals surface area contributed by atoms with Gasteiger partial charge in [0.1, 0.15) is 13.2 Å². The number of aliphatic hydroxyl groups excluding tert-OH is 1. The van der Waals surface area contributed by atoms with E-state index in [2.05, 4.69) is 31.3 Å². The van der Waals surface area contributed by atoms with Gasteiger partial charge in [-0.1, -0.05) is 346 Å². The lowest BCUT2D eigenvalue weighted by Crippen LogP contribution is -2.45. The molecular formula is C69H137N2O6P. The van der Waals surface area contributed by atoms with E-state index in [0.717, 1.165) is 38.5 Å². The lowest BCUT2D eigenvalue weighted by Gasteiger charge is -2.29.